The average Bonchev–Trinajstić information content (AvgIpc) is 2.80. The minimum atomic E-state index is -0.803. The Morgan fingerprint density at radius 2 is 1.71 bits per heavy atom. The first-order valence-electron chi connectivity index (χ1n) is 9.76. The highest BCUT2D eigenvalue weighted by atomic mass is 16.5. The standard InChI is InChI=1S/C25H21NO5/c1-29-18-9-7-17(8-10-18)21-15-30-23-14-19(11-12-20(23)24(21)27)31-25(28)22(26)13-16-5-3-2-4-6-16/h2-12,14-15,22H,13,26H2,1H3. The zero-order chi connectivity index (χ0) is 21.8. The third-order valence-corrected chi connectivity index (χ3v) is 4.97. The first-order valence-corrected chi connectivity index (χ1v) is 9.76. The Morgan fingerprint density at radius 3 is 2.42 bits per heavy atom. The van der Waals surface area contributed by atoms with Gasteiger partial charge in [0.05, 0.1) is 18.1 Å². The molecule has 0 spiro atoms. The van der Waals surface area contributed by atoms with E-state index >= 15 is 0 Å². The van der Waals surface area contributed by atoms with Gasteiger partial charge in [0.2, 0.25) is 0 Å². The molecule has 3 aromatic carbocycles. The van der Waals surface area contributed by atoms with E-state index in [4.69, 9.17) is 19.6 Å². The van der Waals surface area contributed by atoms with Gasteiger partial charge >= 0.3 is 5.97 Å². The van der Waals surface area contributed by atoms with Crippen LogP contribution in [-0.2, 0) is 11.2 Å². The van der Waals surface area contributed by atoms with Crippen LogP contribution in [0.4, 0.5) is 0 Å². The lowest BCUT2D eigenvalue weighted by molar-refractivity contribution is -0.135. The normalized spacial score (nSPS) is 11.8. The fourth-order valence-corrected chi connectivity index (χ4v) is 3.29. The van der Waals surface area contributed by atoms with Gasteiger partial charge in [-0.25, -0.2) is 4.79 Å². The van der Waals surface area contributed by atoms with E-state index in [0.29, 0.717) is 28.7 Å². The SMILES string of the molecule is COc1ccc(-c2coc3cc(OC(=O)C(N)Cc4ccccc4)ccc3c2=O)cc1. The summed E-state index contributed by atoms with van der Waals surface area (Å²) in [5.74, 6) is 0.410. The minimum Gasteiger partial charge on any atom is -0.497 e. The Kier molecular flexibility index (Phi) is 5.82. The largest absolute Gasteiger partial charge is 0.497 e. The van der Waals surface area contributed by atoms with Gasteiger partial charge in [-0.1, -0.05) is 42.5 Å². The molecule has 1 heterocycles. The lowest BCUT2D eigenvalue weighted by atomic mass is 10.1. The molecule has 2 N–H and O–H groups in total. The van der Waals surface area contributed by atoms with Crippen LogP contribution in [0, 0.1) is 0 Å². The van der Waals surface area contributed by atoms with E-state index in [9.17, 15) is 9.59 Å². The molecule has 1 atom stereocenters. The molecular formula is C25H21NO5. The Balaban J connectivity index is 1.54. The molecule has 4 aromatic rings. The molecule has 0 fully saturated rings. The topological polar surface area (TPSA) is 91.8 Å². The van der Waals surface area contributed by atoms with Crippen molar-refractivity contribution in [3.8, 4) is 22.6 Å². The van der Waals surface area contributed by atoms with Gasteiger partial charge < -0.3 is 19.6 Å². The first-order chi connectivity index (χ1) is 15.0. The highest BCUT2D eigenvalue weighted by molar-refractivity contribution is 5.84. The summed E-state index contributed by atoms with van der Waals surface area (Å²) >= 11 is 0. The molecule has 31 heavy (non-hydrogen) atoms. The van der Waals surface area contributed by atoms with E-state index in [0.717, 1.165) is 11.1 Å². The van der Waals surface area contributed by atoms with E-state index in [1.807, 2.05) is 30.3 Å². The molecule has 1 unspecified atom stereocenters. The number of carbonyl (C=O) groups is 1. The van der Waals surface area contributed by atoms with Crippen molar-refractivity contribution in [1.29, 1.82) is 0 Å². The summed E-state index contributed by atoms with van der Waals surface area (Å²) in [6.07, 6.45) is 1.77. The van der Waals surface area contributed by atoms with Gasteiger partial charge in [0, 0.05) is 6.07 Å². The molecule has 0 aliphatic rings. The van der Waals surface area contributed by atoms with Crippen LogP contribution in [0.5, 0.6) is 11.5 Å². The molecule has 4 rings (SSSR count). The second-order valence-corrected chi connectivity index (χ2v) is 7.08. The van der Waals surface area contributed by atoms with Crippen molar-refractivity contribution in [3.63, 3.8) is 0 Å². The number of fused-ring (bicyclic) bond motifs is 1. The van der Waals surface area contributed by atoms with Gasteiger partial charge in [0.1, 0.15) is 29.4 Å². The van der Waals surface area contributed by atoms with E-state index in [1.54, 1.807) is 43.5 Å². The summed E-state index contributed by atoms with van der Waals surface area (Å²) in [4.78, 5) is 25.3. The van der Waals surface area contributed by atoms with Crippen LogP contribution >= 0.6 is 0 Å². The predicted molar refractivity (Wildman–Crippen MR) is 118 cm³/mol. The third kappa shape index (κ3) is 4.49. The number of hydrogen-bond acceptors (Lipinski definition) is 6. The monoisotopic (exact) mass is 415 g/mol. The van der Waals surface area contributed by atoms with Crippen LogP contribution in [0.25, 0.3) is 22.1 Å². The number of ether oxygens (including phenoxy) is 2. The molecule has 156 valence electrons. The fourth-order valence-electron chi connectivity index (χ4n) is 3.29. The lowest BCUT2D eigenvalue weighted by Crippen LogP contribution is -2.36. The number of methoxy groups -OCH3 is 1. The van der Waals surface area contributed by atoms with Crippen LogP contribution in [-0.4, -0.2) is 19.1 Å². The van der Waals surface area contributed by atoms with Crippen molar-refractivity contribution >= 4 is 16.9 Å². The first kappa shape index (κ1) is 20.4. The van der Waals surface area contributed by atoms with Gasteiger partial charge in [-0.3, -0.25) is 4.79 Å². The van der Waals surface area contributed by atoms with Crippen LogP contribution in [0.2, 0.25) is 0 Å². The molecule has 0 saturated heterocycles. The summed E-state index contributed by atoms with van der Waals surface area (Å²) in [5.41, 5.74) is 8.23. The fraction of sp³-hybridized carbons (Fsp3) is 0.120. The van der Waals surface area contributed by atoms with E-state index < -0.39 is 12.0 Å². The van der Waals surface area contributed by atoms with Gasteiger partial charge in [0.15, 0.2) is 5.43 Å². The number of benzene rings is 3. The van der Waals surface area contributed by atoms with E-state index in [2.05, 4.69) is 0 Å². The van der Waals surface area contributed by atoms with Crippen molar-refractivity contribution in [1.82, 2.24) is 0 Å². The van der Waals surface area contributed by atoms with Crippen molar-refractivity contribution in [2.24, 2.45) is 5.73 Å². The van der Waals surface area contributed by atoms with Crippen LogP contribution in [0.3, 0.4) is 0 Å². The average molecular weight is 415 g/mol. The van der Waals surface area contributed by atoms with Crippen molar-refractivity contribution in [3.05, 3.63) is 94.8 Å². The Morgan fingerprint density at radius 1 is 1.00 bits per heavy atom. The number of rotatable bonds is 6. The summed E-state index contributed by atoms with van der Waals surface area (Å²) in [6, 6.07) is 20.5. The predicted octanol–water partition coefficient (Wildman–Crippen LogP) is 3.94. The number of esters is 1. The second kappa shape index (κ2) is 8.85. The molecule has 0 radical (unpaired) electrons. The third-order valence-electron chi connectivity index (χ3n) is 4.97. The van der Waals surface area contributed by atoms with Gasteiger partial charge in [0.25, 0.3) is 0 Å². The minimum absolute atomic E-state index is 0.176. The van der Waals surface area contributed by atoms with Crippen molar-refractivity contribution in [2.75, 3.05) is 7.11 Å². The smallest absolute Gasteiger partial charge is 0.328 e. The molecule has 6 heteroatoms. The zero-order valence-electron chi connectivity index (χ0n) is 16.9. The van der Waals surface area contributed by atoms with E-state index in [1.165, 1.54) is 12.3 Å². The molecule has 0 aliphatic heterocycles. The van der Waals surface area contributed by atoms with Crippen LogP contribution in [0.1, 0.15) is 5.56 Å². The highest BCUT2D eigenvalue weighted by Gasteiger charge is 2.17. The Hall–Kier alpha value is -3.90. The number of hydrogen-bond donors (Lipinski definition) is 1. The maximum Gasteiger partial charge on any atom is 0.328 e. The van der Waals surface area contributed by atoms with Gasteiger partial charge in [-0.2, -0.15) is 0 Å². The van der Waals surface area contributed by atoms with Crippen LogP contribution < -0.4 is 20.6 Å². The van der Waals surface area contributed by atoms with Crippen molar-refractivity contribution in [2.45, 2.75) is 12.5 Å². The Labute approximate surface area is 178 Å². The molecular weight excluding hydrogens is 394 g/mol. The summed E-state index contributed by atoms with van der Waals surface area (Å²) in [5, 5.41) is 0.390. The quantitative estimate of drug-likeness (QED) is 0.379. The lowest BCUT2D eigenvalue weighted by Gasteiger charge is -2.12. The van der Waals surface area contributed by atoms with E-state index in [-0.39, 0.29) is 11.2 Å². The molecule has 6 nitrogen and oxygen atoms in total. The highest BCUT2D eigenvalue weighted by Crippen LogP contribution is 2.24. The molecule has 0 aliphatic carbocycles. The summed E-state index contributed by atoms with van der Waals surface area (Å²) < 4.78 is 16.2. The zero-order valence-corrected chi connectivity index (χ0v) is 16.9. The van der Waals surface area contributed by atoms with Gasteiger partial charge in [-0.15, -0.1) is 0 Å². The summed E-state index contributed by atoms with van der Waals surface area (Å²) in [7, 11) is 1.58. The molecule has 0 saturated carbocycles. The summed E-state index contributed by atoms with van der Waals surface area (Å²) in [6.45, 7) is 0. The van der Waals surface area contributed by atoms with Crippen molar-refractivity contribution < 1.29 is 18.7 Å². The Bertz CT molecular complexity index is 1260. The van der Waals surface area contributed by atoms with Gasteiger partial charge in [-0.05, 0) is 41.8 Å². The maximum absolute atomic E-state index is 12.9. The van der Waals surface area contributed by atoms with Crippen LogP contribution in [0.15, 0.2) is 88.3 Å². The number of carbonyl (C=O) groups excluding carboxylic acids is 1. The molecule has 0 bridgehead atoms. The molecule has 0 amide bonds. The maximum atomic E-state index is 12.9. The molecule has 1 aromatic heterocycles. The number of nitrogens with two attached hydrogens (primary N) is 1. The second-order valence-electron chi connectivity index (χ2n) is 7.08.